The Morgan fingerprint density at radius 1 is 0.947 bits per heavy atom. The Bertz CT molecular complexity index is 745. The van der Waals surface area contributed by atoms with Gasteiger partial charge in [0.2, 0.25) is 0 Å². The lowest BCUT2D eigenvalue weighted by Gasteiger charge is -2.10. The molecule has 0 aliphatic heterocycles. The van der Waals surface area contributed by atoms with Crippen LogP contribution in [0.25, 0.3) is 22.0 Å². The largest absolute Gasteiger partial charge is 0.360 e. The summed E-state index contributed by atoms with van der Waals surface area (Å²) in [5.74, 6) is 0. The minimum absolute atomic E-state index is 0.774. The second-order valence-electron chi connectivity index (χ2n) is 5.17. The molecule has 0 fully saturated rings. The number of aromatic amines is 1. The van der Waals surface area contributed by atoms with Crippen LogP contribution in [0.4, 0.5) is 0 Å². The fourth-order valence-electron chi connectivity index (χ4n) is 2.89. The molecule has 0 amide bonds. The molecule has 0 aliphatic carbocycles. The molecule has 19 heavy (non-hydrogen) atoms. The first-order valence-electron chi connectivity index (χ1n) is 6.41. The van der Waals surface area contributed by atoms with E-state index < -0.39 is 0 Å². The molecule has 0 saturated heterocycles. The molecular formula is C17H16ClN. The van der Waals surface area contributed by atoms with Crippen LogP contribution < -0.4 is 0 Å². The van der Waals surface area contributed by atoms with E-state index >= 15 is 0 Å². The summed E-state index contributed by atoms with van der Waals surface area (Å²) in [5, 5.41) is 3.15. The average molecular weight is 270 g/mol. The number of aromatic nitrogens is 1. The van der Waals surface area contributed by atoms with Gasteiger partial charge in [0.1, 0.15) is 0 Å². The number of benzene rings is 2. The first-order valence-corrected chi connectivity index (χ1v) is 6.79. The first-order chi connectivity index (χ1) is 9.06. The number of H-pyrrole nitrogens is 1. The van der Waals surface area contributed by atoms with Gasteiger partial charge in [-0.3, -0.25) is 0 Å². The molecule has 1 N–H and O–H groups in total. The lowest BCUT2D eigenvalue weighted by atomic mass is 9.96. The van der Waals surface area contributed by atoms with Crippen LogP contribution in [-0.4, -0.2) is 4.98 Å². The van der Waals surface area contributed by atoms with Gasteiger partial charge in [-0.2, -0.15) is 0 Å². The van der Waals surface area contributed by atoms with Crippen LogP contribution in [0.2, 0.25) is 5.02 Å². The van der Waals surface area contributed by atoms with E-state index in [4.69, 9.17) is 11.6 Å². The molecule has 2 aromatic carbocycles. The molecule has 2 heteroatoms. The smallest absolute Gasteiger partial charge is 0.0539 e. The van der Waals surface area contributed by atoms with E-state index in [-0.39, 0.29) is 0 Å². The average Bonchev–Trinajstić information content (AvgIpc) is 2.71. The Hall–Kier alpha value is -1.73. The van der Waals surface area contributed by atoms with Crippen molar-refractivity contribution in [3.8, 4) is 11.3 Å². The minimum Gasteiger partial charge on any atom is -0.360 e. The van der Waals surface area contributed by atoms with Gasteiger partial charge in [0.05, 0.1) is 5.69 Å². The molecule has 0 atom stereocenters. The van der Waals surface area contributed by atoms with Crippen LogP contribution in [0.15, 0.2) is 36.5 Å². The fraction of sp³-hybridized carbons (Fsp3) is 0.176. The Labute approximate surface area is 118 Å². The summed E-state index contributed by atoms with van der Waals surface area (Å²) in [6, 6.07) is 10.5. The number of hydrogen-bond acceptors (Lipinski definition) is 0. The van der Waals surface area contributed by atoms with Gasteiger partial charge in [-0.05, 0) is 44.0 Å². The maximum absolute atomic E-state index is 6.04. The highest BCUT2D eigenvalue weighted by Crippen LogP contribution is 2.34. The fourth-order valence-corrected chi connectivity index (χ4v) is 3.07. The molecule has 0 saturated carbocycles. The number of halogens is 1. The number of aryl methyl sites for hydroxylation is 3. The van der Waals surface area contributed by atoms with Gasteiger partial charge >= 0.3 is 0 Å². The van der Waals surface area contributed by atoms with E-state index in [2.05, 4.69) is 44.0 Å². The summed E-state index contributed by atoms with van der Waals surface area (Å²) < 4.78 is 0. The molecule has 0 bridgehead atoms. The molecule has 1 aromatic heterocycles. The van der Waals surface area contributed by atoms with Gasteiger partial charge in [-0.15, -0.1) is 0 Å². The summed E-state index contributed by atoms with van der Waals surface area (Å²) in [5.41, 5.74) is 6.38. The van der Waals surface area contributed by atoms with Crippen molar-refractivity contribution in [2.24, 2.45) is 0 Å². The summed E-state index contributed by atoms with van der Waals surface area (Å²) in [6.45, 7) is 6.46. The van der Waals surface area contributed by atoms with Crippen LogP contribution in [0.5, 0.6) is 0 Å². The van der Waals surface area contributed by atoms with Crippen LogP contribution in [0, 0.1) is 20.8 Å². The molecule has 0 aliphatic rings. The lowest BCUT2D eigenvalue weighted by molar-refractivity contribution is 1.29. The van der Waals surface area contributed by atoms with Gasteiger partial charge in [-0.1, -0.05) is 35.4 Å². The predicted molar refractivity (Wildman–Crippen MR) is 83.0 cm³/mol. The van der Waals surface area contributed by atoms with E-state index in [1.165, 1.54) is 33.3 Å². The summed E-state index contributed by atoms with van der Waals surface area (Å²) in [7, 11) is 0. The second-order valence-corrected chi connectivity index (χ2v) is 5.61. The molecule has 3 aromatic rings. The third kappa shape index (κ3) is 2.04. The van der Waals surface area contributed by atoms with E-state index in [0.717, 1.165) is 10.4 Å². The van der Waals surface area contributed by atoms with Gasteiger partial charge in [0.25, 0.3) is 0 Å². The van der Waals surface area contributed by atoms with Crippen molar-refractivity contribution in [3.05, 3.63) is 58.2 Å². The highest BCUT2D eigenvalue weighted by molar-refractivity contribution is 6.31. The Kier molecular flexibility index (Phi) is 2.87. The topological polar surface area (TPSA) is 15.8 Å². The molecule has 0 unspecified atom stereocenters. The summed E-state index contributed by atoms with van der Waals surface area (Å²) in [6.07, 6.45) is 2.02. The minimum atomic E-state index is 0.774. The van der Waals surface area contributed by atoms with Crippen molar-refractivity contribution in [1.29, 1.82) is 0 Å². The van der Waals surface area contributed by atoms with Crippen molar-refractivity contribution in [3.63, 3.8) is 0 Å². The molecule has 0 spiro atoms. The van der Waals surface area contributed by atoms with E-state index in [9.17, 15) is 0 Å². The summed E-state index contributed by atoms with van der Waals surface area (Å²) in [4.78, 5) is 3.40. The zero-order valence-corrected chi connectivity index (χ0v) is 12.1. The lowest BCUT2D eigenvalue weighted by Crippen LogP contribution is -1.90. The zero-order valence-electron chi connectivity index (χ0n) is 11.3. The van der Waals surface area contributed by atoms with Crippen LogP contribution in [0.1, 0.15) is 16.7 Å². The number of fused-ring (bicyclic) bond motifs is 1. The highest BCUT2D eigenvalue weighted by Gasteiger charge is 2.11. The predicted octanol–water partition coefficient (Wildman–Crippen LogP) is 5.41. The SMILES string of the molecule is Cc1cc(C)c(-c2[nH]cc3cc(Cl)ccc23)c(C)c1. The second kappa shape index (κ2) is 4.43. The van der Waals surface area contributed by atoms with Crippen LogP contribution in [-0.2, 0) is 0 Å². The zero-order chi connectivity index (χ0) is 13.6. The maximum Gasteiger partial charge on any atom is 0.0539 e. The Morgan fingerprint density at radius 2 is 1.63 bits per heavy atom. The quantitative estimate of drug-likeness (QED) is 0.608. The molecule has 0 radical (unpaired) electrons. The van der Waals surface area contributed by atoms with Crippen LogP contribution >= 0.6 is 11.6 Å². The Balaban J connectivity index is 2.31. The third-order valence-electron chi connectivity index (χ3n) is 3.58. The maximum atomic E-state index is 6.04. The van der Waals surface area contributed by atoms with Gasteiger partial charge in [0.15, 0.2) is 0 Å². The van der Waals surface area contributed by atoms with Gasteiger partial charge < -0.3 is 4.98 Å². The van der Waals surface area contributed by atoms with E-state index in [0.29, 0.717) is 0 Å². The standard InChI is InChI=1S/C17H16ClN/c1-10-6-11(2)16(12(3)7-10)17-15-5-4-14(18)8-13(15)9-19-17/h4-9,19H,1-3H3. The van der Waals surface area contributed by atoms with Crippen molar-refractivity contribution in [1.82, 2.24) is 4.98 Å². The molecule has 3 rings (SSSR count). The number of hydrogen-bond donors (Lipinski definition) is 1. The van der Waals surface area contributed by atoms with Gasteiger partial charge in [0, 0.05) is 27.6 Å². The van der Waals surface area contributed by atoms with Crippen LogP contribution in [0.3, 0.4) is 0 Å². The van der Waals surface area contributed by atoms with Crippen molar-refractivity contribution in [2.75, 3.05) is 0 Å². The monoisotopic (exact) mass is 269 g/mol. The number of nitrogens with one attached hydrogen (secondary N) is 1. The molecule has 1 nitrogen and oxygen atoms in total. The van der Waals surface area contributed by atoms with Crippen molar-refractivity contribution in [2.45, 2.75) is 20.8 Å². The normalized spacial score (nSPS) is 11.2. The summed E-state index contributed by atoms with van der Waals surface area (Å²) >= 11 is 6.04. The molecule has 1 heterocycles. The van der Waals surface area contributed by atoms with Crippen molar-refractivity contribution < 1.29 is 0 Å². The van der Waals surface area contributed by atoms with E-state index in [1.54, 1.807) is 0 Å². The third-order valence-corrected chi connectivity index (χ3v) is 3.82. The van der Waals surface area contributed by atoms with Gasteiger partial charge in [-0.25, -0.2) is 0 Å². The first kappa shape index (κ1) is 12.3. The molecular weight excluding hydrogens is 254 g/mol. The number of rotatable bonds is 1. The van der Waals surface area contributed by atoms with E-state index in [1.807, 2.05) is 18.3 Å². The molecule has 96 valence electrons. The highest BCUT2D eigenvalue weighted by atomic mass is 35.5. The Morgan fingerprint density at radius 3 is 2.32 bits per heavy atom. The van der Waals surface area contributed by atoms with Crippen molar-refractivity contribution >= 4 is 22.4 Å².